The van der Waals surface area contributed by atoms with Crippen LogP contribution in [-0.2, 0) is 6.42 Å². The molecule has 0 aromatic heterocycles. The fourth-order valence-electron chi connectivity index (χ4n) is 5.45. The zero-order valence-electron chi connectivity index (χ0n) is 11.5. The van der Waals surface area contributed by atoms with Crippen LogP contribution in [0.5, 0.6) is 0 Å². The molecule has 5 atom stereocenters. The van der Waals surface area contributed by atoms with Crippen molar-refractivity contribution < 1.29 is 9.50 Å². The van der Waals surface area contributed by atoms with E-state index in [1.165, 1.54) is 31.7 Å². The Balaban J connectivity index is 1.61. The molecule has 0 saturated heterocycles. The number of benzene rings is 1. The van der Waals surface area contributed by atoms with Gasteiger partial charge in [0.25, 0.3) is 0 Å². The maximum absolute atomic E-state index is 13.7. The lowest BCUT2D eigenvalue weighted by Gasteiger charge is -2.39. The van der Waals surface area contributed by atoms with E-state index in [-0.39, 0.29) is 5.82 Å². The highest BCUT2D eigenvalue weighted by molar-refractivity contribution is 9.10. The van der Waals surface area contributed by atoms with Crippen molar-refractivity contribution in [1.29, 1.82) is 0 Å². The third-order valence-electron chi connectivity index (χ3n) is 6.14. The minimum absolute atomic E-state index is 0.229. The predicted octanol–water partition coefficient (Wildman–Crippen LogP) is 4.32. The second kappa shape index (κ2) is 4.54. The van der Waals surface area contributed by atoms with E-state index in [1.54, 1.807) is 6.07 Å². The first-order valence-electron chi connectivity index (χ1n) is 7.74. The van der Waals surface area contributed by atoms with Gasteiger partial charge in [-0.3, -0.25) is 0 Å². The Hall–Kier alpha value is -0.410. The van der Waals surface area contributed by atoms with Crippen LogP contribution in [0.1, 0.15) is 37.7 Å². The van der Waals surface area contributed by atoms with Gasteiger partial charge >= 0.3 is 0 Å². The van der Waals surface area contributed by atoms with Crippen LogP contribution in [0.25, 0.3) is 0 Å². The summed E-state index contributed by atoms with van der Waals surface area (Å²) in [4.78, 5) is 0. The first-order valence-corrected chi connectivity index (χ1v) is 8.53. The molecule has 1 nitrogen and oxygen atoms in total. The molecule has 1 aromatic carbocycles. The number of halogens is 2. The molecule has 1 N–H and O–H groups in total. The molecule has 20 heavy (non-hydrogen) atoms. The molecule has 0 aliphatic heterocycles. The quantitative estimate of drug-likeness (QED) is 0.851. The van der Waals surface area contributed by atoms with E-state index in [2.05, 4.69) is 15.9 Å². The molecule has 3 aliphatic rings. The third kappa shape index (κ3) is 1.82. The maximum atomic E-state index is 13.7. The Morgan fingerprint density at radius 3 is 2.95 bits per heavy atom. The van der Waals surface area contributed by atoms with Gasteiger partial charge in [0.15, 0.2) is 0 Å². The third-order valence-corrected chi connectivity index (χ3v) is 7.03. The van der Waals surface area contributed by atoms with Gasteiger partial charge in [-0.1, -0.05) is 18.6 Å². The molecule has 0 heterocycles. The first kappa shape index (κ1) is 13.3. The Morgan fingerprint density at radius 1 is 1.30 bits per heavy atom. The zero-order valence-corrected chi connectivity index (χ0v) is 13.1. The van der Waals surface area contributed by atoms with Gasteiger partial charge in [0.1, 0.15) is 5.82 Å². The summed E-state index contributed by atoms with van der Waals surface area (Å²) >= 11 is 3.33. The Kier molecular flexibility index (Phi) is 3.01. The highest BCUT2D eigenvalue weighted by atomic mass is 79.9. The number of rotatable bonds is 2. The van der Waals surface area contributed by atoms with E-state index in [1.807, 2.05) is 6.07 Å². The van der Waals surface area contributed by atoms with Crippen molar-refractivity contribution in [3.8, 4) is 0 Å². The van der Waals surface area contributed by atoms with Crippen LogP contribution >= 0.6 is 15.9 Å². The molecular weight excluding hydrogens is 319 g/mol. The van der Waals surface area contributed by atoms with Gasteiger partial charge in [0.2, 0.25) is 0 Å². The highest BCUT2D eigenvalue weighted by Crippen LogP contribution is 2.63. The van der Waals surface area contributed by atoms with Crippen LogP contribution in [0.3, 0.4) is 0 Å². The van der Waals surface area contributed by atoms with Crippen molar-refractivity contribution in [2.75, 3.05) is 0 Å². The van der Waals surface area contributed by atoms with Crippen molar-refractivity contribution in [2.24, 2.45) is 23.7 Å². The van der Waals surface area contributed by atoms with Gasteiger partial charge in [0, 0.05) is 6.42 Å². The molecule has 5 unspecified atom stereocenters. The molecule has 0 amide bonds. The molecule has 4 rings (SSSR count). The average molecular weight is 339 g/mol. The summed E-state index contributed by atoms with van der Waals surface area (Å²) in [6, 6.07) is 5.14. The van der Waals surface area contributed by atoms with Crippen LogP contribution in [0.4, 0.5) is 4.39 Å². The average Bonchev–Trinajstić information content (AvgIpc) is 3.05. The Morgan fingerprint density at radius 2 is 2.10 bits per heavy atom. The zero-order chi connectivity index (χ0) is 13.9. The standard InChI is InChI=1S/C17H20BrFO/c18-16-10(3-1-6-15(16)19)8-17(20)9-11-7-14(17)13-5-2-4-12(11)13/h1,3,6,11-14,20H,2,4-5,7-9H2. The van der Waals surface area contributed by atoms with Crippen molar-refractivity contribution in [2.45, 2.75) is 44.1 Å². The summed E-state index contributed by atoms with van der Waals surface area (Å²) in [7, 11) is 0. The van der Waals surface area contributed by atoms with Crippen molar-refractivity contribution in [1.82, 2.24) is 0 Å². The predicted molar refractivity (Wildman–Crippen MR) is 79.8 cm³/mol. The Bertz CT molecular complexity index is 546. The van der Waals surface area contributed by atoms with Crippen LogP contribution in [-0.4, -0.2) is 10.7 Å². The molecule has 3 heteroatoms. The van der Waals surface area contributed by atoms with Gasteiger partial charge in [-0.2, -0.15) is 0 Å². The lowest BCUT2D eigenvalue weighted by Crippen LogP contribution is -2.43. The summed E-state index contributed by atoms with van der Waals surface area (Å²) in [5.41, 5.74) is 0.307. The lowest BCUT2D eigenvalue weighted by atomic mass is 9.71. The van der Waals surface area contributed by atoms with E-state index in [0.29, 0.717) is 22.7 Å². The number of hydrogen-bond acceptors (Lipinski definition) is 1. The molecule has 3 aliphatic carbocycles. The number of fused-ring (bicyclic) bond motifs is 5. The van der Waals surface area contributed by atoms with E-state index in [0.717, 1.165) is 23.8 Å². The maximum Gasteiger partial charge on any atom is 0.137 e. The minimum atomic E-state index is -0.605. The number of aliphatic hydroxyl groups is 1. The second-order valence-corrected chi connectivity index (χ2v) is 7.85. The van der Waals surface area contributed by atoms with Crippen molar-refractivity contribution >= 4 is 15.9 Å². The van der Waals surface area contributed by atoms with E-state index in [4.69, 9.17) is 0 Å². The molecule has 3 saturated carbocycles. The fourth-order valence-corrected chi connectivity index (χ4v) is 5.86. The van der Waals surface area contributed by atoms with Gasteiger partial charge in [-0.05, 0) is 76.9 Å². The largest absolute Gasteiger partial charge is 0.389 e. The van der Waals surface area contributed by atoms with Crippen LogP contribution in [0.2, 0.25) is 0 Å². The summed E-state index contributed by atoms with van der Waals surface area (Å²) < 4.78 is 14.2. The van der Waals surface area contributed by atoms with E-state index < -0.39 is 5.60 Å². The molecule has 0 radical (unpaired) electrons. The molecular formula is C17H20BrFO. The van der Waals surface area contributed by atoms with Crippen LogP contribution < -0.4 is 0 Å². The summed E-state index contributed by atoms with van der Waals surface area (Å²) in [5.74, 6) is 2.52. The first-order chi connectivity index (χ1) is 9.58. The van der Waals surface area contributed by atoms with Gasteiger partial charge < -0.3 is 5.11 Å². The molecule has 108 valence electrons. The van der Waals surface area contributed by atoms with Crippen LogP contribution in [0, 0.1) is 29.5 Å². The van der Waals surface area contributed by atoms with Gasteiger partial charge in [-0.25, -0.2) is 4.39 Å². The molecule has 1 aromatic rings. The Labute approximate surface area is 127 Å². The second-order valence-electron chi connectivity index (χ2n) is 7.06. The molecule has 2 bridgehead atoms. The molecule has 3 fully saturated rings. The minimum Gasteiger partial charge on any atom is -0.389 e. The van der Waals surface area contributed by atoms with Gasteiger partial charge in [-0.15, -0.1) is 0 Å². The van der Waals surface area contributed by atoms with Crippen molar-refractivity contribution in [3.05, 3.63) is 34.1 Å². The molecule has 0 spiro atoms. The fraction of sp³-hybridized carbons (Fsp3) is 0.647. The van der Waals surface area contributed by atoms with E-state index >= 15 is 0 Å². The van der Waals surface area contributed by atoms with Crippen molar-refractivity contribution in [3.63, 3.8) is 0 Å². The van der Waals surface area contributed by atoms with E-state index in [9.17, 15) is 9.50 Å². The highest BCUT2D eigenvalue weighted by Gasteiger charge is 2.60. The lowest BCUT2D eigenvalue weighted by molar-refractivity contribution is -0.0451. The monoisotopic (exact) mass is 338 g/mol. The van der Waals surface area contributed by atoms with Gasteiger partial charge in [0.05, 0.1) is 10.1 Å². The normalized spacial score (nSPS) is 42.1. The summed E-state index contributed by atoms with van der Waals surface area (Å²) in [5, 5.41) is 11.2. The smallest absolute Gasteiger partial charge is 0.137 e. The topological polar surface area (TPSA) is 20.2 Å². The summed E-state index contributed by atoms with van der Waals surface area (Å²) in [6.45, 7) is 0. The SMILES string of the molecule is OC1(Cc2cccc(F)c2Br)CC2CC1C1CCCC21. The summed E-state index contributed by atoms with van der Waals surface area (Å²) in [6.07, 6.45) is 6.70. The number of hydrogen-bond donors (Lipinski definition) is 1. The van der Waals surface area contributed by atoms with Crippen LogP contribution in [0.15, 0.2) is 22.7 Å².